The van der Waals surface area contributed by atoms with E-state index in [0.717, 1.165) is 24.3 Å². The molecule has 0 bridgehead atoms. The summed E-state index contributed by atoms with van der Waals surface area (Å²) in [7, 11) is 4.68. The summed E-state index contributed by atoms with van der Waals surface area (Å²) >= 11 is 5.37. The van der Waals surface area contributed by atoms with Crippen LogP contribution < -0.4 is 18.9 Å². The molecule has 32 heavy (non-hydrogen) atoms. The van der Waals surface area contributed by atoms with Crippen LogP contribution in [0.4, 0.5) is 0 Å². The van der Waals surface area contributed by atoms with Crippen molar-refractivity contribution in [2.24, 2.45) is 5.10 Å². The van der Waals surface area contributed by atoms with Crippen molar-refractivity contribution in [1.29, 1.82) is 0 Å². The molecule has 9 heteroatoms. The van der Waals surface area contributed by atoms with Gasteiger partial charge in [-0.1, -0.05) is 19.8 Å². The molecule has 8 nitrogen and oxygen atoms in total. The Morgan fingerprint density at radius 3 is 2.31 bits per heavy atom. The van der Waals surface area contributed by atoms with E-state index < -0.39 is 0 Å². The predicted octanol–water partition coefficient (Wildman–Crippen LogP) is 5.08. The number of nitrogens with one attached hydrogen (secondary N) is 1. The Morgan fingerprint density at radius 1 is 1.03 bits per heavy atom. The summed E-state index contributed by atoms with van der Waals surface area (Å²) in [6.45, 7) is 2.90. The summed E-state index contributed by atoms with van der Waals surface area (Å²) < 4.78 is 23.9. The van der Waals surface area contributed by atoms with E-state index in [-0.39, 0.29) is 0 Å². The molecule has 0 fully saturated rings. The Kier molecular flexibility index (Phi) is 8.27. The molecule has 0 saturated heterocycles. The number of aromatic amines is 1. The molecular formula is C23H28N4O4S. The highest BCUT2D eigenvalue weighted by molar-refractivity contribution is 7.71. The van der Waals surface area contributed by atoms with Crippen LogP contribution in [0, 0.1) is 4.77 Å². The Hall–Kier alpha value is -3.33. The van der Waals surface area contributed by atoms with E-state index in [1.54, 1.807) is 44.4 Å². The number of nitrogens with zero attached hydrogens (tertiary/aromatic N) is 3. The third-order valence-electron chi connectivity index (χ3n) is 4.79. The zero-order valence-corrected chi connectivity index (χ0v) is 19.6. The van der Waals surface area contributed by atoms with Gasteiger partial charge in [-0.05, 0) is 60.6 Å². The quantitative estimate of drug-likeness (QED) is 0.246. The van der Waals surface area contributed by atoms with Gasteiger partial charge in [0.25, 0.3) is 0 Å². The number of unbranched alkanes of at least 4 members (excludes halogenated alkanes) is 2. The minimum atomic E-state index is 0.362. The Bertz CT molecular complexity index is 1080. The number of H-pyrrole nitrogens is 1. The fraction of sp³-hybridized carbons (Fsp3) is 0.348. The van der Waals surface area contributed by atoms with Crippen molar-refractivity contribution < 1.29 is 18.9 Å². The maximum Gasteiger partial charge on any atom is 0.216 e. The van der Waals surface area contributed by atoms with Crippen molar-refractivity contribution >= 4 is 18.4 Å². The molecule has 3 aromatic rings. The van der Waals surface area contributed by atoms with Crippen LogP contribution in [0.1, 0.15) is 31.7 Å². The number of hydrogen-bond acceptors (Lipinski definition) is 7. The maximum atomic E-state index is 5.76. The lowest BCUT2D eigenvalue weighted by Gasteiger charge is -2.13. The Labute approximate surface area is 192 Å². The largest absolute Gasteiger partial charge is 0.494 e. The molecule has 0 aliphatic rings. The number of aromatic nitrogens is 3. The smallest absolute Gasteiger partial charge is 0.216 e. The first-order chi connectivity index (χ1) is 15.6. The Balaban J connectivity index is 1.84. The first kappa shape index (κ1) is 23.3. The molecule has 0 unspecified atom stereocenters. The van der Waals surface area contributed by atoms with E-state index in [9.17, 15) is 0 Å². The van der Waals surface area contributed by atoms with E-state index >= 15 is 0 Å². The van der Waals surface area contributed by atoms with Gasteiger partial charge in [-0.15, -0.1) is 0 Å². The number of ether oxygens (including phenoxy) is 4. The zero-order valence-electron chi connectivity index (χ0n) is 18.8. The standard InChI is InChI=1S/C23H28N4O4S/c1-5-6-7-12-31-18-10-8-16(9-11-18)15-24-27-22(25-26-23(27)32)17-13-19(28-2)21(30-4)20(14-17)29-3/h8-11,13-15H,5-7,12H2,1-4H3,(H,26,32). The molecule has 0 aliphatic carbocycles. The molecule has 0 amide bonds. The van der Waals surface area contributed by atoms with Crippen LogP contribution in [0.5, 0.6) is 23.0 Å². The number of methoxy groups -OCH3 is 3. The molecule has 0 atom stereocenters. The van der Waals surface area contributed by atoms with Crippen molar-refractivity contribution in [3.8, 4) is 34.4 Å². The second-order valence-corrected chi connectivity index (χ2v) is 7.33. The van der Waals surface area contributed by atoms with Crippen molar-refractivity contribution in [2.45, 2.75) is 26.2 Å². The minimum Gasteiger partial charge on any atom is -0.494 e. The van der Waals surface area contributed by atoms with Crippen LogP contribution >= 0.6 is 12.2 Å². The van der Waals surface area contributed by atoms with Gasteiger partial charge in [0.15, 0.2) is 17.3 Å². The van der Waals surface area contributed by atoms with Gasteiger partial charge in [-0.25, -0.2) is 5.10 Å². The highest BCUT2D eigenvalue weighted by Crippen LogP contribution is 2.40. The lowest BCUT2D eigenvalue weighted by Crippen LogP contribution is -1.99. The number of benzene rings is 2. The summed E-state index contributed by atoms with van der Waals surface area (Å²) in [4.78, 5) is 0. The van der Waals surface area contributed by atoms with Crippen LogP contribution in [-0.4, -0.2) is 49.0 Å². The molecule has 0 saturated carbocycles. The fourth-order valence-electron chi connectivity index (χ4n) is 3.11. The third kappa shape index (κ3) is 5.47. The van der Waals surface area contributed by atoms with E-state index in [4.69, 9.17) is 31.2 Å². The monoisotopic (exact) mass is 456 g/mol. The number of rotatable bonds is 11. The summed E-state index contributed by atoms with van der Waals surface area (Å²) in [6, 6.07) is 11.3. The van der Waals surface area contributed by atoms with Crippen molar-refractivity contribution in [2.75, 3.05) is 27.9 Å². The van der Waals surface area contributed by atoms with E-state index in [1.165, 1.54) is 12.8 Å². The predicted molar refractivity (Wildman–Crippen MR) is 127 cm³/mol. The molecule has 0 spiro atoms. The molecule has 170 valence electrons. The van der Waals surface area contributed by atoms with E-state index in [0.29, 0.717) is 33.4 Å². The van der Waals surface area contributed by atoms with Crippen molar-refractivity contribution in [1.82, 2.24) is 14.9 Å². The summed E-state index contributed by atoms with van der Waals surface area (Å²) in [6.07, 6.45) is 5.12. The van der Waals surface area contributed by atoms with Crippen LogP contribution in [0.3, 0.4) is 0 Å². The van der Waals surface area contributed by atoms with Gasteiger partial charge in [0.05, 0.1) is 34.2 Å². The van der Waals surface area contributed by atoms with E-state index in [1.807, 2.05) is 24.3 Å². The average Bonchev–Trinajstić information content (AvgIpc) is 3.20. The zero-order chi connectivity index (χ0) is 22.9. The van der Waals surface area contributed by atoms with Gasteiger partial charge in [0.2, 0.25) is 10.5 Å². The Morgan fingerprint density at radius 2 is 1.72 bits per heavy atom. The van der Waals surface area contributed by atoms with Gasteiger partial charge >= 0.3 is 0 Å². The molecule has 1 N–H and O–H groups in total. The lowest BCUT2D eigenvalue weighted by molar-refractivity contribution is 0.306. The summed E-state index contributed by atoms with van der Waals surface area (Å²) in [5.74, 6) is 2.89. The first-order valence-corrected chi connectivity index (χ1v) is 10.8. The first-order valence-electron chi connectivity index (χ1n) is 10.4. The maximum absolute atomic E-state index is 5.76. The highest BCUT2D eigenvalue weighted by Gasteiger charge is 2.17. The molecule has 0 radical (unpaired) electrons. The van der Waals surface area contributed by atoms with Crippen molar-refractivity contribution in [3.63, 3.8) is 0 Å². The number of hydrogen-bond donors (Lipinski definition) is 1. The van der Waals surface area contributed by atoms with Crippen LogP contribution in [0.25, 0.3) is 11.4 Å². The SMILES string of the molecule is CCCCCOc1ccc(C=Nn2c(-c3cc(OC)c(OC)c(OC)c3)n[nH]c2=S)cc1. The molecule has 0 aliphatic heterocycles. The van der Waals surface area contributed by atoms with E-state index in [2.05, 4.69) is 22.2 Å². The van der Waals surface area contributed by atoms with Crippen LogP contribution in [0.2, 0.25) is 0 Å². The third-order valence-corrected chi connectivity index (χ3v) is 5.06. The molecule has 1 aromatic heterocycles. The van der Waals surface area contributed by atoms with Gasteiger partial charge in [-0.3, -0.25) is 0 Å². The minimum absolute atomic E-state index is 0.362. The molecule has 1 heterocycles. The second-order valence-electron chi connectivity index (χ2n) is 6.95. The normalized spacial score (nSPS) is 11.0. The molecular weight excluding hydrogens is 428 g/mol. The average molecular weight is 457 g/mol. The lowest BCUT2D eigenvalue weighted by atomic mass is 10.1. The van der Waals surface area contributed by atoms with Crippen molar-refractivity contribution in [3.05, 3.63) is 46.7 Å². The van der Waals surface area contributed by atoms with Crippen LogP contribution in [0.15, 0.2) is 41.5 Å². The van der Waals surface area contributed by atoms with Gasteiger partial charge in [0, 0.05) is 5.56 Å². The molecule has 2 aromatic carbocycles. The van der Waals surface area contributed by atoms with Gasteiger partial charge in [-0.2, -0.15) is 14.9 Å². The van der Waals surface area contributed by atoms with Gasteiger partial charge in [0.1, 0.15) is 5.75 Å². The van der Waals surface area contributed by atoms with Gasteiger partial charge < -0.3 is 18.9 Å². The summed E-state index contributed by atoms with van der Waals surface area (Å²) in [5.41, 5.74) is 1.62. The molecule has 3 rings (SSSR count). The topological polar surface area (TPSA) is 82.9 Å². The van der Waals surface area contributed by atoms with Crippen LogP contribution in [-0.2, 0) is 0 Å². The highest BCUT2D eigenvalue weighted by atomic mass is 32.1. The fourth-order valence-corrected chi connectivity index (χ4v) is 3.29. The summed E-state index contributed by atoms with van der Waals surface area (Å²) in [5, 5.41) is 11.6. The second kappa shape index (κ2) is 11.3.